The molecule has 0 aromatic heterocycles. The Bertz CT molecular complexity index is 598. The van der Waals surface area contributed by atoms with Crippen LogP contribution in [0.2, 0.25) is 0 Å². The van der Waals surface area contributed by atoms with Gasteiger partial charge in [0.25, 0.3) is 0 Å². The van der Waals surface area contributed by atoms with E-state index in [9.17, 15) is 14.4 Å². The van der Waals surface area contributed by atoms with Crippen LogP contribution >= 0.6 is 0 Å². The van der Waals surface area contributed by atoms with Gasteiger partial charge in [-0.05, 0) is 40.2 Å². The van der Waals surface area contributed by atoms with Gasteiger partial charge in [0.15, 0.2) is 0 Å². The summed E-state index contributed by atoms with van der Waals surface area (Å²) in [4.78, 5) is 42.7. The number of hydrogen-bond donors (Lipinski definition) is 2. The van der Waals surface area contributed by atoms with Crippen LogP contribution in [0.4, 0.5) is 4.79 Å². The van der Waals surface area contributed by atoms with E-state index in [-0.39, 0.29) is 29.9 Å². The first-order valence-electron chi connectivity index (χ1n) is 10.3. The van der Waals surface area contributed by atoms with Gasteiger partial charge in [-0.25, -0.2) is 10.2 Å². The number of carbonyl (C=O) groups is 3. The molecule has 3 fully saturated rings. The third-order valence-electron chi connectivity index (χ3n) is 5.55. The van der Waals surface area contributed by atoms with Gasteiger partial charge in [-0.1, -0.05) is 0 Å². The number of ether oxygens (including phenoxy) is 1. The molecule has 3 rings (SSSR count). The van der Waals surface area contributed by atoms with Gasteiger partial charge in [-0.15, -0.1) is 0 Å². The van der Waals surface area contributed by atoms with Gasteiger partial charge in [-0.2, -0.15) is 0 Å². The third kappa shape index (κ3) is 5.35. The van der Waals surface area contributed by atoms with Crippen molar-refractivity contribution in [2.24, 2.45) is 5.92 Å². The molecule has 2 atom stereocenters. The highest BCUT2D eigenvalue weighted by Gasteiger charge is 2.35. The van der Waals surface area contributed by atoms with Crippen molar-refractivity contribution >= 4 is 17.9 Å². The Labute approximate surface area is 166 Å². The van der Waals surface area contributed by atoms with Crippen LogP contribution in [-0.4, -0.2) is 90.1 Å². The molecule has 9 heteroatoms. The normalized spacial score (nSPS) is 27.3. The fourth-order valence-corrected chi connectivity index (χ4v) is 4.10. The van der Waals surface area contributed by atoms with Crippen LogP contribution in [-0.2, 0) is 14.3 Å². The lowest BCUT2D eigenvalue weighted by Gasteiger charge is -2.42. The zero-order valence-electron chi connectivity index (χ0n) is 17.2. The summed E-state index contributed by atoms with van der Waals surface area (Å²) in [6.07, 6.45) is 2.01. The Morgan fingerprint density at radius 2 is 1.75 bits per heavy atom. The molecule has 0 aliphatic carbocycles. The number of nitrogens with one attached hydrogen (secondary N) is 2. The lowest BCUT2D eigenvalue weighted by atomic mass is 9.94. The molecule has 0 bridgehead atoms. The fraction of sp³-hybridized carbons (Fsp3) is 0.842. The van der Waals surface area contributed by atoms with Crippen LogP contribution in [0.15, 0.2) is 0 Å². The highest BCUT2D eigenvalue weighted by Crippen LogP contribution is 2.23. The first-order valence-corrected chi connectivity index (χ1v) is 10.3. The number of hydrogen-bond acceptors (Lipinski definition) is 6. The van der Waals surface area contributed by atoms with Gasteiger partial charge >= 0.3 is 6.09 Å². The number of likely N-dealkylation sites (tertiary alicyclic amines) is 1. The Morgan fingerprint density at radius 1 is 1.07 bits per heavy atom. The Hall–Kier alpha value is -1.87. The quantitative estimate of drug-likeness (QED) is 0.692. The minimum atomic E-state index is -0.513. The van der Waals surface area contributed by atoms with E-state index in [2.05, 4.69) is 15.8 Å². The third-order valence-corrected chi connectivity index (χ3v) is 5.55. The summed E-state index contributed by atoms with van der Waals surface area (Å²) in [5.41, 5.74) is 5.05. The summed E-state index contributed by atoms with van der Waals surface area (Å²) in [7, 11) is 0. The number of rotatable bonds is 2. The summed E-state index contributed by atoms with van der Waals surface area (Å²) < 4.78 is 5.42. The van der Waals surface area contributed by atoms with E-state index >= 15 is 0 Å². The number of piperazine rings is 1. The van der Waals surface area contributed by atoms with E-state index in [1.807, 2.05) is 25.7 Å². The monoisotopic (exact) mass is 395 g/mol. The van der Waals surface area contributed by atoms with Crippen LogP contribution in [0.25, 0.3) is 0 Å². The summed E-state index contributed by atoms with van der Waals surface area (Å²) in [5, 5.41) is 0. The summed E-state index contributed by atoms with van der Waals surface area (Å²) in [6.45, 7) is 9.99. The van der Waals surface area contributed by atoms with Gasteiger partial charge < -0.3 is 14.5 Å². The Balaban J connectivity index is 1.49. The van der Waals surface area contributed by atoms with Crippen molar-refractivity contribution in [3.05, 3.63) is 0 Å². The molecule has 0 spiro atoms. The SMILES string of the molecule is CC(C)(C)OC(=O)N1CCN(C(=O)C2CCCN(C3CNNC(=O)C3)C2)CC1. The highest BCUT2D eigenvalue weighted by atomic mass is 16.6. The lowest BCUT2D eigenvalue weighted by molar-refractivity contribution is -0.139. The highest BCUT2D eigenvalue weighted by molar-refractivity contribution is 5.80. The molecular formula is C19H33N5O4. The minimum Gasteiger partial charge on any atom is -0.444 e. The largest absolute Gasteiger partial charge is 0.444 e. The maximum absolute atomic E-state index is 13.0. The van der Waals surface area contributed by atoms with Crippen LogP contribution in [0.3, 0.4) is 0 Å². The van der Waals surface area contributed by atoms with Crippen LogP contribution in [0.5, 0.6) is 0 Å². The van der Waals surface area contributed by atoms with Crippen molar-refractivity contribution in [2.75, 3.05) is 45.8 Å². The van der Waals surface area contributed by atoms with Crippen molar-refractivity contribution in [1.29, 1.82) is 0 Å². The van der Waals surface area contributed by atoms with E-state index in [1.165, 1.54) is 0 Å². The molecule has 0 saturated carbocycles. The zero-order valence-corrected chi connectivity index (χ0v) is 17.2. The molecule has 0 radical (unpaired) electrons. The fourth-order valence-electron chi connectivity index (χ4n) is 4.10. The number of amides is 3. The van der Waals surface area contributed by atoms with E-state index < -0.39 is 5.60 Å². The van der Waals surface area contributed by atoms with Gasteiger partial charge in [0.2, 0.25) is 11.8 Å². The molecule has 158 valence electrons. The van der Waals surface area contributed by atoms with Gasteiger partial charge in [0, 0.05) is 51.7 Å². The second-order valence-electron chi connectivity index (χ2n) is 8.91. The molecule has 3 heterocycles. The molecule has 2 N–H and O–H groups in total. The maximum atomic E-state index is 13.0. The summed E-state index contributed by atoms with van der Waals surface area (Å²) in [5.74, 6) is 0.136. The molecule has 3 saturated heterocycles. The predicted molar refractivity (Wildman–Crippen MR) is 103 cm³/mol. The maximum Gasteiger partial charge on any atom is 0.410 e. The number of piperidine rings is 1. The number of carbonyl (C=O) groups excluding carboxylic acids is 3. The number of hydrazine groups is 1. The molecular weight excluding hydrogens is 362 g/mol. The molecule has 0 aromatic carbocycles. The second kappa shape index (κ2) is 8.65. The minimum absolute atomic E-state index is 0.00275. The smallest absolute Gasteiger partial charge is 0.410 e. The molecule has 3 aliphatic heterocycles. The average molecular weight is 396 g/mol. The zero-order chi connectivity index (χ0) is 20.3. The van der Waals surface area contributed by atoms with Crippen LogP contribution < -0.4 is 10.9 Å². The Kier molecular flexibility index (Phi) is 6.44. The Morgan fingerprint density at radius 3 is 2.39 bits per heavy atom. The van der Waals surface area contributed by atoms with E-state index in [1.54, 1.807) is 4.90 Å². The van der Waals surface area contributed by atoms with E-state index in [4.69, 9.17) is 4.74 Å². The molecule has 0 aromatic rings. The summed E-state index contributed by atoms with van der Waals surface area (Å²) >= 11 is 0. The van der Waals surface area contributed by atoms with Crippen molar-refractivity contribution in [3.8, 4) is 0 Å². The molecule has 2 unspecified atom stereocenters. The van der Waals surface area contributed by atoms with E-state index in [0.29, 0.717) is 45.7 Å². The summed E-state index contributed by atoms with van der Waals surface area (Å²) in [6, 6.07) is 0.147. The van der Waals surface area contributed by atoms with Gasteiger partial charge in [0.1, 0.15) is 5.60 Å². The molecule has 3 amide bonds. The van der Waals surface area contributed by atoms with Crippen LogP contribution in [0.1, 0.15) is 40.0 Å². The second-order valence-corrected chi connectivity index (χ2v) is 8.91. The van der Waals surface area contributed by atoms with Gasteiger partial charge in [-0.3, -0.25) is 19.9 Å². The molecule has 28 heavy (non-hydrogen) atoms. The topological polar surface area (TPSA) is 94.2 Å². The molecule has 9 nitrogen and oxygen atoms in total. The molecule has 3 aliphatic rings. The van der Waals surface area contributed by atoms with Crippen LogP contribution in [0, 0.1) is 5.92 Å². The van der Waals surface area contributed by atoms with E-state index in [0.717, 1.165) is 19.4 Å². The van der Waals surface area contributed by atoms with Crippen molar-refractivity contribution < 1.29 is 19.1 Å². The van der Waals surface area contributed by atoms with Crippen molar-refractivity contribution in [3.63, 3.8) is 0 Å². The standard InChI is InChI=1S/C19H33N5O4/c1-19(2,3)28-18(27)23-9-7-22(8-10-23)17(26)14-5-4-6-24(13-14)15-11-16(25)21-20-12-15/h14-15,20H,4-13H2,1-3H3,(H,21,25). The average Bonchev–Trinajstić information content (AvgIpc) is 2.66. The first-order chi connectivity index (χ1) is 13.2. The van der Waals surface area contributed by atoms with Gasteiger partial charge in [0.05, 0.1) is 5.92 Å². The van der Waals surface area contributed by atoms with Crippen molar-refractivity contribution in [2.45, 2.75) is 51.7 Å². The van der Waals surface area contributed by atoms with Crippen molar-refractivity contribution in [1.82, 2.24) is 25.6 Å². The lowest BCUT2D eigenvalue weighted by Crippen LogP contribution is -2.58. The number of nitrogens with zero attached hydrogens (tertiary/aromatic N) is 3. The predicted octanol–water partition coefficient (Wildman–Crippen LogP) is 0.171. The first kappa shape index (κ1) is 20.9.